The van der Waals surface area contributed by atoms with E-state index in [1.807, 2.05) is 49.2 Å². The van der Waals surface area contributed by atoms with Crippen LogP contribution in [0.15, 0.2) is 76.4 Å². The van der Waals surface area contributed by atoms with Crippen LogP contribution in [-0.2, 0) is 9.59 Å². The van der Waals surface area contributed by atoms with Crippen LogP contribution in [0.1, 0.15) is 34.3 Å². The third-order valence-corrected chi connectivity index (χ3v) is 9.01. The number of amides is 2. The molecule has 2 fully saturated rings. The van der Waals surface area contributed by atoms with Gasteiger partial charge in [-0.15, -0.1) is 0 Å². The van der Waals surface area contributed by atoms with E-state index in [1.165, 1.54) is 4.90 Å². The summed E-state index contributed by atoms with van der Waals surface area (Å²) in [7, 11) is 0. The Hall–Kier alpha value is -2.96. The van der Waals surface area contributed by atoms with Gasteiger partial charge in [-0.05, 0) is 91.4 Å². The number of rotatable bonds is 3. The minimum atomic E-state index is -0.784. The van der Waals surface area contributed by atoms with Crippen LogP contribution >= 0.6 is 27.5 Å². The molecule has 6 rings (SSSR count). The van der Waals surface area contributed by atoms with Crippen LogP contribution in [0.2, 0.25) is 5.02 Å². The lowest BCUT2D eigenvalue weighted by atomic mass is 9.80. The average molecular weight is 564 g/mol. The molecule has 2 amide bonds. The summed E-state index contributed by atoms with van der Waals surface area (Å²) < 4.78 is 1.09. The minimum absolute atomic E-state index is 0.181. The fourth-order valence-corrected chi connectivity index (χ4v) is 6.76. The summed E-state index contributed by atoms with van der Waals surface area (Å²) in [5, 5.41) is 0.534. The minimum Gasteiger partial charge on any atom is -0.358 e. The molecule has 5 nitrogen and oxygen atoms in total. The second kappa shape index (κ2) is 8.56. The lowest BCUT2D eigenvalue weighted by molar-refractivity contribution is -0.123. The van der Waals surface area contributed by atoms with Gasteiger partial charge in [0.2, 0.25) is 11.8 Å². The number of benzene rings is 2. The molecule has 0 aromatic heterocycles. The molecule has 182 valence electrons. The molecule has 0 spiro atoms. The van der Waals surface area contributed by atoms with Crippen molar-refractivity contribution < 1.29 is 14.4 Å². The number of anilines is 1. The van der Waals surface area contributed by atoms with Crippen molar-refractivity contribution in [1.29, 1.82) is 0 Å². The van der Waals surface area contributed by atoms with E-state index in [0.29, 0.717) is 16.3 Å². The van der Waals surface area contributed by atoms with Gasteiger partial charge in [-0.2, -0.15) is 0 Å². The van der Waals surface area contributed by atoms with Gasteiger partial charge < -0.3 is 4.90 Å². The van der Waals surface area contributed by atoms with Crippen LogP contribution in [0, 0.1) is 25.7 Å². The molecule has 7 heteroatoms. The number of carbonyl (C=O) groups is 3. The fourth-order valence-electron chi connectivity index (χ4n) is 6.05. The molecule has 1 aliphatic carbocycles. The molecule has 4 aliphatic rings. The molecule has 2 unspecified atom stereocenters. The van der Waals surface area contributed by atoms with Gasteiger partial charge >= 0.3 is 0 Å². The quantitative estimate of drug-likeness (QED) is 0.345. The van der Waals surface area contributed by atoms with Crippen LogP contribution in [0.4, 0.5) is 5.69 Å². The van der Waals surface area contributed by atoms with Crippen LogP contribution < -0.4 is 4.90 Å². The van der Waals surface area contributed by atoms with E-state index >= 15 is 0 Å². The first-order chi connectivity index (χ1) is 17.3. The van der Waals surface area contributed by atoms with E-state index < -0.39 is 17.9 Å². The molecule has 0 saturated carbocycles. The largest absolute Gasteiger partial charge is 0.358 e. The third-order valence-electron chi connectivity index (χ3n) is 7.93. The number of ketones is 1. The number of hydrogen-bond donors (Lipinski definition) is 0. The Labute approximate surface area is 223 Å². The van der Waals surface area contributed by atoms with Gasteiger partial charge in [-0.1, -0.05) is 39.7 Å². The molecular weight excluding hydrogens is 540 g/mol. The zero-order chi connectivity index (χ0) is 25.3. The molecule has 0 N–H and O–H groups in total. The van der Waals surface area contributed by atoms with Crippen LogP contribution in [0.5, 0.6) is 0 Å². The molecule has 2 saturated heterocycles. The number of fused-ring (bicyclic) bond motifs is 5. The van der Waals surface area contributed by atoms with E-state index in [2.05, 4.69) is 22.0 Å². The second-order valence-electron chi connectivity index (χ2n) is 9.87. The number of hydrogen-bond acceptors (Lipinski definition) is 4. The first-order valence-electron chi connectivity index (χ1n) is 12.1. The number of aryl methyl sites for hydroxylation is 2. The first kappa shape index (κ1) is 23.4. The maximum atomic E-state index is 14.0. The van der Waals surface area contributed by atoms with Crippen molar-refractivity contribution in [3.63, 3.8) is 0 Å². The van der Waals surface area contributed by atoms with Crippen molar-refractivity contribution in [1.82, 2.24) is 4.90 Å². The van der Waals surface area contributed by atoms with Crippen LogP contribution in [0.25, 0.3) is 0 Å². The van der Waals surface area contributed by atoms with Gasteiger partial charge in [0.25, 0.3) is 0 Å². The lowest BCUT2D eigenvalue weighted by Crippen LogP contribution is -2.47. The lowest BCUT2D eigenvalue weighted by Gasteiger charge is -2.38. The Balaban J connectivity index is 1.50. The Morgan fingerprint density at radius 1 is 1.00 bits per heavy atom. The summed E-state index contributed by atoms with van der Waals surface area (Å²) in [4.78, 5) is 45.2. The molecule has 3 heterocycles. The van der Waals surface area contributed by atoms with Crippen LogP contribution in [0.3, 0.4) is 0 Å². The monoisotopic (exact) mass is 562 g/mol. The summed E-state index contributed by atoms with van der Waals surface area (Å²) in [6.07, 6.45) is 7.77. The van der Waals surface area contributed by atoms with Gasteiger partial charge in [0.05, 0.1) is 23.6 Å². The van der Waals surface area contributed by atoms with Gasteiger partial charge in [-0.3, -0.25) is 14.4 Å². The third kappa shape index (κ3) is 3.38. The summed E-state index contributed by atoms with van der Waals surface area (Å²) >= 11 is 9.77. The van der Waals surface area contributed by atoms with Gasteiger partial charge in [0.15, 0.2) is 5.78 Å². The Morgan fingerprint density at radius 3 is 2.44 bits per heavy atom. The highest BCUT2D eigenvalue weighted by molar-refractivity contribution is 9.11. The highest BCUT2D eigenvalue weighted by atomic mass is 79.9. The molecule has 4 atom stereocenters. The highest BCUT2D eigenvalue weighted by Crippen LogP contribution is 2.51. The Bertz CT molecular complexity index is 1420. The highest BCUT2D eigenvalue weighted by Gasteiger charge is 2.65. The van der Waals surface area contributed by atoms with Gasteiger partial charge in [0.1, 0.15) is 6.04 Å². The number of allylic oxidation sites excluding steroid dienone is 3. The topological polar surface area (TPSA) is 57.7 Å². The van der Waals surface area contributed by atoms with Gasteiger partial charge in [0, 0.05) is 21.3 Å². The molecule has 36 heavy (non-hydrogen) atoms. The van der Waals surface area contributed by atoms with Crippen molar-refractivity contribution in [2.24, 2.45) is 11.8 Å². The van der Waals surface area contributed by atoms with Crippen LogP contribution in [-0.4, -0.2) is 34.6 Å². The summed E-state index contributed by atoms with van der Waals surface area (Å²) in [6.45, 7) is 3.96. The molecular formula is C29H24BrClN2O3. The first-order valence-corrected chi connectivity index (χ1v) is 13.2. The summed E-state index contributed by atoms with van der Waals surface area (Å²) in [5.74, 6) is -2.17. The van der Waals surface area contributed by atoms with Crippen molar-refractivity contribution >= 4 is 50.8 Å². The second-order valence-corrected chi connectivity index (χ2v) is 11.3. The number of imide groups is 1. The average Bonchev–Trinajstić information content (AvgIpc) is 3.34. The van der Waals surface area contributed by atoms with Crippen molar-refractivity contribution in [2.45, 2.75) is 38.8 Å². The SMILES string of the molecule is Cc1ccc(N2C(=O)[C@@H]3C4C5=CCCC(Br)=C5C=CN4C(C(=O)c4ccc(Cl)cc4)[C@@H]3C2=O)cc1C. The van der Waals surface area contributed by atoms with E-state index in [-0.39, 0.29) is 23.6 Å². The van der Waals surface area contributed by atoms with E-state index in [1.54, 1.807) is 24.3 Å². The maximum absolute atomic E-state index is 14.0. The summed E-state index contributed by atoms with van der Waals surface area (Å²) in [5.41, 5.74) is 5.19. The van der Waals surface area contributed by atoms with Crippen molar-refractivity contribution in [2.75, 3.05) is 4.90 Å². The Morgan fingerprint density at radius 2 is 1.72 bits per heavy atom. The maximum Gasteiger partial charge on any atom is 0.240 e. The predicted molar refractivity (Wildman–Crippen MR) is 143 cm³/mol. The zero-order valence-corrected chi connectivity index (χ0v) is 22.2. The normalized spacial score (nSPS) is 26.7. The number of Topliss-reactive ketones (excluding diaryl/α,β-unsaturated/α-hetero) is 1. The summed E-state index contributed by atoms with van der Waals surface area (Å²) in [6, 6.07) is 11.2. The number of nitrogens with zero attached hydrogens (tertiary/aromatic N) is 2. The Kier molecular flexibility index (Phi) is 5.58. The smallest absolute Gasteiger partial charge is 0.240 e. The van der Waals surface area contributed by atoms with E-state index in [4.69, 9.17) is 11.6 Å². The molecule has 2 aromatic carbocycles. The molecule has 0 radical (unpaired) electrons. The predicted octanol–water partition coefficient (Wildman–Crippen LogP) is 5.89. The fraction of sp³-hybridized carbons (Fsp3) is 0.276. The van der Waals surface area contributed by atoms with E-state index in [0.717, 1.165) is 39.6 Å². The van der Waals surface area contributed by atoms with E-state index in [9.17, 15) is 14.4 Å². The molecule has 0 bridgehead atoms. The molecule has 3 aliphatic heterocycles. The standard InChI is InChI=1S/C29H24BrClN2O3/c1-15-6-11-19(14-16(15)2)33-28(35)23-24(29(33)36)26(27(34)17-7-9-18(31)10-8-17)32-13-12-20-21(25(23)32)4-3-5-22(20)30/h4,6-14,23-26H,3,5H2,1-2H3/t23-,24+,25?,26?/m0/s1. The van der Waals surface area contributed by atoms with Crippen molar-refractivity contribution in [3.8, 4) is 0 Å². The number of carbonyl (C=O) groups excluding carboxylic acids is 3. The van der Waals surface area contributed by atoms with Crippen molar-refractivity contribution in [3.05, 3.63) is 98.2 Å². The number of halogens is 2. The van der Waals surface area contributed by atoms with Gasteiger partial charge in [-0.25, -0.2) is 4.90 Å². The zero-order valence-electron chi connectivity index (χ0n) is 19.9. The molecule has 2 aromatic rings.